The molecule has 0 aliphatic heterocycles. The lowest BCUT2D eigenvalue weighted by molar-refractivity contribution is 0.103. The van der Waals surface area contributed by atoms with Crippen LogP contribution < -0.4 is 0 Å². The van der Waals surface area contributed by atoms with E-state index in [1.54, 1.807) is 13.0 Å². The Labute approximate surface area is 72.4 Å². The molecular formula is C8H15NO3. The Morgan fingerprint density at radius 3 is 2.83 bits per heavy atom. The quantitative estimate of drug-likeness (QED) is 0.620. The Bertz CT molecular complexity index is 147. The first-order chi connectivity index (χ1) is 5.76. The van der Waals surface area contributed by atoms with Gasteiger partial charge in [0.2, 0.25) is 0 Å². The lowest BCUT2D eigenvalue weighted by atomic mass is 10.5. The summed E-state index contributed by atoms with van der Waals surface area (Å²) < 4.78 is 4.74. The second-order valence-corrected chi connectivity index (χ2v) is 2.16. The zero-order valence-electron chi connectivity index (χ0n) is 7.32. The van der Waals surface area contributed by atoms with Crippen LogP contribution in [0.4, 0.5) is 4.79 Å². The first-order valence-electron chi connectivity index (χ1n) is 3.89. The highest BCUT2D eigenvalue weighted by Gasteiger charge is 2.10. The number of nitrogens with zero attached hydrogens (tertiary/aromatic N) is 1. The molecule has 0 aliphatic rings. The summed E-state index contributed by atoms with van der Waals surface area (Å²) in [6, 6.07) is 0. The maximum Gasteiger partial charge on any atom is 0.410 e. The van der Waals surface area contributed by atoms with E-state index in [2.05, 4.69) is 6.58 Å². The molecule has 70 valence electrons. The molecule has 0 fully saturated rings. The van der Waals surface area contributed by atoms with Crippen LogP contribution in [0.3, 0.4) is 0 Å². The van der Waals surface area contributed by atoms with E-state index < -0.39 is 6.09 Å². The smallest absolute Gasteiger partial charge is 0.410 e. The normalized spacial score (nSPS) is 9.17. The number of amides is 1. The van der Waals surface area contributed by atoms with Gasteiger partial charge in [-0.3, -0.25) is 0 Å². The Morgan fingerprint density at radius 1 is 1.75 bits per heavy atom. The van der Waals surface area contributed by atoms with E-state index in [4.69, 9.17) is 9.84 Å². The molecular weight excluding hydrogens is 158 g/mol. The minimum absolute atomic E-state index is 0.0628. The number of ether oxygens (including phenoxy) is 1. The van der Waals surface area contributed by atoms with Crippen molar-refractivity contribution in [3.05, 3.63) is 12.7 Å². The fraction of sp³-hybridized carbons (Fsp3) is 0.625. The van der Waals surface area contributed by atoms with Gasteiger partial charge in [0, 0.05) is 13.1 Å². The zero-order chi connectivity index (χ0) is 9.40. The van der Waals surface area contributed by atoms with Crippen LogP contribution >= 0.6 is 0 Å². The van der Waals surface area contributed by atoms with Crippen LogP contribution in [-0.4, -0.2) is 42.4 Å². The summed E-state index contributed by atoms with van der Waals surface area (Å²) >= 11 is 0. The lowest BCUT2D eigenvalue weighted by Gasteiger charge is -2.18. The monoisotopic (exact) mass is 173 g/mol. The lowest BCUT2D eigenvalue weighted by Crippen LogP contribution is -2.34. The third kappa shape index (κ3) is 3.98. The molecule has 0 unspecified atom stereocenters. The molecule has 0 aromatic carbocycles. The molecule has 0 saturated heterocycles. The van der Waals surface area contributed by atoms with Gasteiger partial charge in [-0.1, -0.05) is 6.08 Å². The number of hydrogen-bond acceptors (Lipinski definition) is 3. The second-order valence-electron chi connectivity index (χ2n) is 2.16. The van der Waals surface area contributed by atoms with Gasteiger partial charge in [0.1, 0.15) is 0 Å². The average Bonchev–Trinajstić information content (AvgIpc) is 2.04. The molecule has 0 saturated carbocycles. The van der Waals surface area contributed by atoms with Crippen LogP contribution in [0.2, 0.25) is 0 Å². The van der Waals surface area contributed by atoms with E-state index in [-0.39, 0.29) is 13.2 Å². The Balaban J connectivity index is 3.89. The van der Waals surface area contributed by atoms with E-state index in [9.17, 15) is 4.79 Å². The average molecular weight is 173 g/mol. The van der Waals surface area contributed by atoms with Crippen LogP contribution in [0.15, 0.2) is 12.7 Å². The molecule has 0 aromatic heterocycles. The molecule has 0 radical (unpaired) electrons. The zero-order valence-corrected chi connectivity index (χ0v) is 7.32. The van der Waals surface area contributed by atoms with Crippen LogP contribution in [0.25, 0.3) is 0 Å². The second kappa shape index (κ2) is 6.67. The van der Waals surface area contributed by atoms with Gasteiger partial charge in [0.05, 0.1) is 13.2 Å². The largest absolute Gasteiger partial charge is 0.450 e. The van der Waals surface area contributed by atoms with E-state index in [1.807, 2.05) is 0 Å². The van der Waals surface area contributed by atoms with E-state index in [0.29, 0.717) is 13.2 Å². The summed E-state index contributed by atoms with van der Waals surface area (Å²) in [4.78, 5) is 12.5. The fourth-order valence-electron chi connectivity index (χ4n) is 0.748. The summed E-state index contributed by atoms with van der Waals surface area (Å²) in [7, 11) is 0. The summed E-state index contributed by atoms with van der Waals surface area (Å²) in [5.41, 5.74) is 0. The van der Waals surface area contributed by atoms with Gasteiger partial charge in [0.25, 0.3) is 0 Å². The molecule has 4 nitrogen and oxygen atoms in total. The topological polar surface area (TPSA) is 49.8 Å². The van der Waals surface area contributed by atoms with E-state index in [1.165, 1.54) is 4.90 Å². The van der Waals surface area contributed by atoms with Crippen LogP contribution in [0.1, 0.15) is 6.92 Å². The first kappa shape index (κ1) is 11.0. The van der Waals surface area contributed by atoms with Crippen molar-refractivity contribution in [2.24, 2.45) is 0 Å². The third-order valence-electron chi connectivity index (χ3n) is 1.25. The number of hydrogen-bond donors (Lipinski definition) is 1. The van der Waals surface area contributed by atoms with Gasteiger partial charge in [-0.15, -0.1) is 6.58 Å². The van der Waals surface area contributed by atoms with Crippen LogP contribution in [-0.2, 0) is 4.74 Å². The molecule has 1 amide bonds. The molecule has 1 N–H and O–H groups in total. The predicted octanol–water partition coefficient (Wildman–Crippen LogP) is 0.623. The molecule has 12 heavy (non-hydrogen) atoms. The highest BCUT2D eigenvalue weighted by molar-refractivity contribution is 5.67. The van der Waals surface area contributed by atoms with Crippen molar-refractivity contribution >= 4 is 6.09 Å². The number of rotatable bonds is 5. The Hall–Kier alpha value is -1.03. The van der Waals surface area contributed by atoms with Gasteiger partial charge in [-0.05, 0) is 6.92 Å². The summed E-state index contributed by atoms with van der Waals surface area (Å²) in [6.07, 6.45) is 1.18. The van der Waals surface area contributed by atoms with Crippen molar-refractivity contribution in [2.75, 3.05) is 26.3 Å². The highest BCUT2D eigenvalue weighted by atomic mass is 16.6. The molecule has 0 atom stereocenters. The summed E-state index contributed by atoms with van der Waals surface area (Å²) in [6.45, 7) is 6.20. The van der Waals surface area contributed by atoms with Crippen molar-refractivity contribution in [1.29, 1.82) is 0 Å². The van der Waals surface area contributed by atoms with Crippen LogP contribution in [0.5, 0.6) is 0 Å². The van der Waals surface area contributed by atoms with E-state index in [0.717, 1.165) is 0 Å². The van der Waals surface area contributed by atoms with Gasteiger partial charge >= 0.3 is 6.09 Å². The highest BCUT2D eigenvalue weighted by Crippen LogP contribution is 1.93. The van der Waals surface area contributed by atoms with Gasteiger partial charge in [-0.25, -0.2) is 4.79 Å². The summed E-state index contributed by atoms with van der Waals surface area (Å²) in [5.74, 6) is 0. The Kier molecular flexibility index (Phi) is 6.09. The molecule has 0 heterocycles. The van der Waals surface area contributed by atoms with Gasteiger partial charge < -0.3 is 14.7 Å². The SMILES string of the molecule is C=CCN(CCO)C(=O)OCC. The molecule has 0 aliphatic carbocycles. The predicted molar refractivity (Wildman–Crippen MR) is 45.9 cm³/mol. The van der Waals surface area contributed by atoms with Crippen molar-refractivity contribution in [2.45, 2.75) is 6.92 Å². The minimum atomic E-state index is -0.411. The third-order valence-corrected chi connectivity index (χ3v) is 1.25. The minimum Gasteiger partial charge on any atom is -0.450 e. The molecule has 0 bridgehead atoms. The van der Waals surface area contributed by atoms with Crippen molar-refractivity contribution in [3.63, 3.8) is 0 Å². The van der Waals surface area contributed by atoms with Gasteiger partial charge in [0.15, 0.2) is 0 Å². The molecule has 0 rings (SSSR count). The molecule has 4 heteroatoms. The Morgan fingerprint density at radius 2 is 2.42 bits per heavy atom. The first-order valence-corrected chi connectivity index (χ1v) is 3.89. The number of aliphatic hydroxyl groups excluding tert-OH is 1. The fourth-order valence-corrected chi connectivity index (χ4v) is 0.748. The van der Waals surface area contributed by atoms with Gasteiger partial charge in [-0.2, -0.15) is 0 Å². The van der Waals surface area contributed by atoms with Crippen molar-refractivity contribution in [1.82, 2.24) is 4.90 Å². The number of carbonyl (C=O) groups excluding carboxylic acids is 1. The maximum absolute atomic E-state index is 11.1. The number of aliphatic hydroxyl groups is 1. The molecule has 0 spiro atoms. The number of carbonyl (C=O) groups is 1. The van der Waals surface area contributed by atoms with E-state index >= 15 is 0 Å². The maximum atomic E-state index is 11.1. The van der Waals surface area contributed by atoms with Crippen LogP contribution in [0, 0.1) is 0 Å². The standard InChI is InChI=1S/C8H15NO3/c1-3-5-9(6-7-10)8(11)12-4-2/h3,10H,1,4-7H2,2H3. The summed E-state index contributed by atoms with van der Waals surface area (Å²) in [5, 5.41) is 8.60. The molecule has 0 aromatic rings. The van der Waals surface area contributed by atoms with Crippen molar-refractivity contribution < 1.29 is 14.6 Å². The van der Waals surface area contributed by atoms with Crippen molar-refractivity contribution in [3.8, 4) is 0 Å².